The SMILES string of the molecule is Cc1ccc2c(c1C)OCC2C. The molecule has 64 valence electrons. The second-order valence-corrected chi connectivity index (χ2v) is 3.64. The fraction of sp³-hybridized carbons (Fsp3) is 0.455. The Morgan fingerprint density at radius 3 is 2.83 bits per heavy atom. The standard InChI is InChI=1S/C11H14O/c1-7-4-5-10-8(2)6-12-11(10)9(7)3/h4-5,8H,6H2,1-3H3. The highest BCUT2D eigenvalue weighted by Crippen LogP contribution is 2.37. The zero-order chi connectivity index (χ0) is 8.72. The summed E-state index contributed by atoms with van der Waals surface area (Å²) in [6, 6.07) is 4.37. The van der Waals surface area contributed by atoms with Crippen molar-refractivity contribution in [3.8, 4) is 5.75 Å². The van der Waals surface area contributed by atoms with E-state index >= 15 is 0 Å². The highest BCUT2D eigenvalue weighted by Gasteiger charge is 2.21. The first-order valence-corrected chi connectivity index (χ1v) is 4.43. The van der Waals surface area contributed by atoms with Crippen LogP contribution in [-0.2, 0) is 0 Å². The summed E-state index contributed by atoms with van der Waals surface area (Å²) < 4.78 is 5.62. The molecule has 0 aromatic heterocycles. The molecular formula is C11H14O. The maximum atomic E-state index is 5.62. The molecule has 0 aliphatic carbocycles. The highest BCUT2D eigenvalue weighted by atomic mass is 16.5. The number of benzene rings is 1. The van der Waals surface area contributed by atoms with Crippen molar-refractivity contribution in [2.75, 3.05) is 6.61 Å². The average molecular weight is 162 g/mol. The molecule has 1 atom stereocenters. The third kappa shape index (κ3) is 0.927. The number of rotatable bonds is 0. The van der Waals surface area contributed by atoms with E-state index < -0.39 is 0 Å². The summed E-state index contributed by atoms with van der Waals surface area (Å²) >= 11 is 0. The molecule has 1 aromatic rings. The van der Waals surface area contributed by atoms with Crippen LogP contribution >= 0.6 is 0 Å². The van der Waals surface area contributed by atoms with Crippen LogP contribution < -0.4 is 4.74 Å². The lowest BCUT2D eigenvalue weighted by Gasteiger charge is -2.06. The molecule has 0 saturated heterocycles. The van der Waals surface area contributed by atoms with Crippen molar-refractivity contribution in [3.63, 3.8) is 0 Å². The summed E-state index contributed by atoms with van der Waals surface area (Å²) in [5.41, 5.74) is 4.00. The maximum absolute atomic E-state index is 5.62. The predicted molar refractivity (Wildman–Crippen MR) is 49.8 cm³/mol. The summed E-state index contributed by atoms with van der Waals surface area (Å²) in [5.74, 6) is 1.70. The van der Waals surface area contributed by atoms with Gasteiger partial charge in [-0.25, -0.2) is 0 Å². The van der Waals surface area contributed by atoms with Gasteiger partial charge in [-0.05, 0) is 25.0 Å². The fourth-order valence-electron chi connectivity index (χ4n) is 1.69. The lowest BCUT2D eigenvalue weighted by molar-refractivity contribution is 0.335. The third-order valence-corrected chi connectivity index (χ3v) is 2.72. The average Bonchev–Trinajstić information content (AvgIpc) is 2.41. The van der Waals surface area contributed by atoms with E-state index in [0.29, 0.717) is 5.92 Å². The Hall–Kier alpha value is -0.980. The van der Waals surface area contributed by atoms with Gasteiger partial charge in [-0.2, -0.15) is 0 Å². The summed E-state index contributed by atoms with van der Waals surface area (Å²) in [5, 5.41) is 0. The molecule has 1 heterocycles. The van der Waals surface area contributed by atoms with Crippen LogP contribution in [0.5, 0.6) is 5.75 Å². The van der Waals surface area contributed by atoms with E-state index in [2.05, 4.69) is 32.9 Å². The van der Waals surface area contributed by atoms with Gasteiger partial charge in [0.25, 0.3) is 0 Å². The van der Waals surface area contributed by atoms with Gasteiger partial charge in [0.05, 0.1) is 6.61 Å². The molecule has 0 saturated carbocycles. The lowest BCUT2D eigenvalue weighted by atomic mass is 9.98. The number of aryl methyl sites for hydroxylation is 1. The molecular weight excluding hydrogens is 148 g/mol. The minimum Gasteiger partial charge on any atom is -0.492 e. The molecule has 0 fully saturated rings. The van der Waals surface area contributed by atoms with Gasteiger partial charge >= 0.3 is 0 Å². The van der Waals surface area contributed by atoms with E-state index in [1.54, 1.807) is 0 Å². The summed E-state index contributed by atoms with van der Waals surface area (Å²) in [6.07, 6.45) is 0. The largest absolute Gasteiger partial charge is 0.492 e. The Kier molecular flexibility index (Phi) is 1.60. The minimum absolute atomic E-state index is 0.569. The first-order chi connectivity index (χ1) is 5.70. The Bertz CT molecular complexity index is 315. The molecule has 2 rings (SSSR count). The van der Waals surface area contributed by atoms with Crippen molar-refractivity contribution >= 4 is 0 Å². The van der Waals surface area contributed by atoms with Crippen molar-refractivity contribution < 1.29 is 4.74 Å². The minimum atomic E-state index is 0.569. The van der Waals surface area contributed by atoms with E-state index in [0.717, 1.165) is 12.4 Å². The molecule has 1 aromatic carbocycles. The molecule has 0 amide bonds. The molecule has 1 aliphatic heterocycles. The van der Waals surface area contributed by atoms with Crippen molar-refractivity contribution in [3.05, 3.63) is 28.8 Å². The van der Waals surface area contributed by atoms with E-state index in [-0.39, 0.29) is 0 Å². The topological polar surface area (TPSA) is 9.23 Å². The van der Waals surface area contributed by atoms with Gasteiger partial charge in [-0.1, -0.05) is 19.1 Å². The summed E-state index contributed by atoms with van der Waals surface area (Å²) in [4.78, 5) is 0. The Labute approximate surface area is 73.4 Å². The van der Waals surface area contributed by atoms with Crippen LogP contribution in [-0.4, -0.2) is 6.61 Å². The van der Waals surface area contributed by atoms with Crippen LogP contribution in [0.2, 0.25) is 0 Å². The van der Waals surface area contributed by atoms with Crippen LogP contribution in [0.3, 0.4) is 0 Å². The van der Waals surface area contributed by atoms with Gasteiger partial charge in [-0.15, -0.1) is 0 Å². The van der Waals surface area contributed by atoms with Crippen molar-refractivity contribution in [2.24, 2.45) is 0 Å². The normalized spacial score (nSPS) is 20.4. The molecule has 1 nitrogen and oxygen atoms in total. The van der Waals surface area contributed by atoms with Crippen LogP contribution in [0.15, 0.2) is 12.1 Å². The monoisotopic (exact) mass is 162 g/mol. The second kappa shape index (κ2) is 2.51. The van der Waals surface area contributed by atoms with Gasteiger partial charge in [0.2, 0.25) is 0 Å². The molecule has 1 unspecified atom stereocenters. The number of ether oxygens (including phenoxy) is 1. The van der Waals surface area contributed by atoms with E-state index in [4.69, 9.17) is 4.74 Å². The van der Waals surface area contributed by atoms with E-state index in [1.165, 1.54) is 16.7 Å². The van der Waals surface area contributed by atoms with Crippen LogP contribution in [0.25, 0.3) is 0 Å². The Morgan fingerprint density at radius 1 is 1.33 bits per heavy atom. The van der Waals surface area contributed by atoms with Crippen LogP contribution in [0, 0.1) is 13.8 Å². The molecule has 0 N–H and O–H groups in total. The van der Waals surface area contributed by atoms with E-state index in [9.17, 15) is 0 Å². The molecule has 0 radical (unpaired) electrons. The molecule has 0 spiro atoms. The lowest BCUT2D eigenvalue weighted by Crippen LogP contribution is -1.93. The van der Waals surface area contributed by atoms with Gasteiger partial charge < -0.3 is 4.74 Å². The Morgan fingerprint density at radius 2 is 2.08 bits per heavy atom. The zero-order valence-corrected chi connectivity index (χ0v) is 7.85. The smallest absolute Gasteiger partial charge is 0.126 e. The van der Waals surface area contributed by atoms with Crippen molar-refractivity contribution in [2.45, 2.75) is 26.7 Å². The maximum Gasteiger partial charge on any atom is 0.126 e. The predicted octanol–water partition coefficient (Wildman–Crippen LogP) is 2.80. The van der Waals surface area contributed by atoms with Crippen molar-refractivity contribution in [1.29, 1.82) is 0 Å². The van der Waals surface area contributed by atoms with Gasteiger partial charge in [0.15, 0.2) is 0 Å². The van der Waals surface area contributed by atoms with E-state index in [1.807, 2.05) is 0 Å². The van der Waals surface area contributed by atoms with Crippen molar-refractivity contribution in [1.82, 2.24) is 0 Å². The first kappa shape index (κ1) is 7.66. The number of fused-ring (bicyclic) bond motifs is 1. The third-order valence-electron chi connectivity index (χ3n) is 2.72. The quantitative estimate of drug-likeness (QED) is 0.570. The summed E-state index contributed by atoms with van der Waals surface area (Å²) in [6.45, 7) is 7.31. The highest BCUT2D eigenvalue weighted by molar-refractivity contribution is 5.48. The number of hydrogen-bond donors (Lipinski definition) is 0. The first-order valence-electron chi connectivity index (χ1n) is 4.43. The van der Waals surface area contributed by atoms with Gasteiger partial charge in [-0.3, -0.25) is 0 Å². The second-order valence-electron chi connectivity index (χ2n) is 3.64. The van der Waals surface area contributed by atoms with Gasteiger partial charge in [0.1, 0.15) is 5.75 Å². The number of hydrogen-bond acceptors (Lipinski definition) is 1. The molecule has 1 aliphatic rings. The molecule has 1 heteroatoms. The van der Waals surface area contributed by atoms with Crippen LogP contribution in [0.4, 0.5) is 0 Å². The zero-order valence-electron chi connectivity index (χ0n) is 7.85. The fourth-order valence-corrected chi connectivity index (χ4v) is 1.69. The van der Waals surface area contributed by atoms with Crippen LogP contribution in [0.1, 0.15) is 29.5 Å². The molecule has 12 heavy (non-hydrogen) atoms. The Balaban J connectivity index is 2.60. The summed E-state index contributed by atoms with van der Waals surface area (Å²) in [7, 11) is 0. The molecule has 0 bridgehead atoms. The van der Waals surface area contributed by atoms with Gasteiger partial charge in [0, 0.05) is 11.5 Å².